The zero-order valence-electron chi connectivity index (χ0n) is 18.1. The lowest BCUT2D eigenvalue weighted by Gasteiger charge is -2.56. The molecular formula is C27H38O. The van der Waals surface area contributed by atoms with E-state index < -0.39 is 0 Å². The molecule has 0 amide bonds. The van der Waals surface area contributed by atoms with Crippen LogP contribution in [0.4, 0.5) is 0 Å². The van der Waals surface area contributed by atoms with Crippen LogP contribution in [0.1, 0.15) is 96.5 Å². The quantitative estimate of drug-likeness (QED) is 0.485. The van der Waals surface area contributed by atoms with E-state index in [-0.39, 0.29) is 0 Å². The Bertz CT molecular complexity index is 671. The Kier molecular flexibility index (Phi) is 6.05. The van der Waals surface area contributed by atoms with Crippen LogP contribution in [0.25, 0.3) is 0 Å². The van der Waals surface area contributed by atoms with Gasteiger partial charge in [0, 0.05) is 11.0 Å². The van der Waals surface area contributed by atoms with E-state index in [2.05, 4.69) is 30.9 Å². The largest absolute Gasteiger partial charge is 0.494 e. The Morgan fingerprint density at radius 1 is 0.893 bits per heavy atom. The first-order valence-electron chi connectivity index (χ1n) is 11.9. The van der Waals surface area contributed by atoms with E-state index in [0.717, 1.165) is 29.8 Å². The highest BCUT2D eigenvalue weighted by Crippen LogP contribution is 2.62. The number of fused-ring (bicyclic) bond motifs is 3. The summed E-state index contributed by atoms with van der Waals surface area (Å²) < 4.78 is 5.54. The second-order valence-corrected chi connectivity index (χ2v) is 9.86. The first-order chi connectivity index (χ1) is 13.7. The van der Waals surface area contributed by atoms with Gasteiger partial charge in [-0.1, -0.05) is 44.4 Å². The van der Waals surface area contributed by atoms with Crippen LogP contribution in [-0.2, 0) is 0 Å². The predicted molar refractivity (Wildman–Crippen MR) is 117 cm³/mol. The Morgan fingerprint density at radius 2 is 1.54 bits per heavy atom. The molecule has 28 heavy (non-hydrogen) atoms. The van der Waals surface area contributed by atoms with Gasteiger partial charge in [0.25, 0.3) is 0 Å². The van der Waals surface area contributed by atoms with Gasteiger partial charge in [-0.05, 0) is 99.8 Å². The molecule has 1 nitrogen and oxygen atoms in total. The second kappa shape index (κ2) is 8.52. The summed E-state index contributed by atoms with van der Waals surface area (Å²) in [5.74, 6) is 10.2. The summed E-state index contributed by atoms with van der Waals surface area (Å²) in [4.78, 5) is 0. The third-order valence-corrected chi connectivity index (χ3v) is 8.35. The average molecular weight is 379 g/mol. The van der Waals surface area contributed by atoms with Crippen molar-refractivity contribution in [2.75, 3.05) is 6.61 Å². The predicted octanol–water partition coefficient (Wildman–Crippen LogP) is 7.38. The molecular weight excluding hydrogens is 340 g/mol. The van der Waals surface area contributed by atoms with Crippen molar-refractivity contribution in [3.8, 4) is 17.6 Å². The zero-order valence-corrected chi connectivity index (χ0v) is 18.1. The molecule has 0 spiro atoms. The summed E-state index contributed by atoms with van der Waals surface area (Å²) in [5.41, 5.74) is 2.12. The van der Waals surface area contributed by atoms with E-state index in [1.807, 2.05) is 19.1 Å². The minimum Gasteiger partial charge on any atom is -0.494 e. The van der Waals surface area contributed by atoms with E-state index in [0.29, 0.717) is 10.8 Å². The van der Waals surface area contributed by atoms with Crippen molar-refractivity contribution in [1.29, 1.82) is 0 Å². The summed E-state index contributed by atoms with van der Waals surface area (Å²) in [6.45, 7) is 5.09. The van der Waals surface area contributed by atoms with Crippen LogP contribution in [0.15, 0.2) is 24.3 Å². The van der Waals surface area contributed by atoms with Gasteiger partial charge in [-0.15, -0.1) is 0 Å². The van der Waals surface area contributed by atoms with Crippen LogP contribution < -0.4 is 4.74 Å². The molecule has 2 bridgehead atoms. The Hall–Kier alpha value is -1.42. The standard InChI is InChI=1S/C27H38O/c1-3-5-22-6-10-24(11-7-22)27-19-16-26(17-20-27,18-21-27)15-14-23-8-12-25(13-9-23)28-4-2/h8-9,12-13,22,24H,3-7,10-11,16-21H2,1-2H3/t22-,24-,26?,27?. The molecule has 1 aromatic rings. The molecule has 0 N–H and O–H groups in total. The first kappa shape index (κ1) is 19.9. The highest BCUT2D eigenvalue weighted by molar-refractivity contribution is 5.39. The monoisotopic (exact) mass is 378 g/mol. The Labute approximate surface area is 172 Å². The van der Waals surface area contributed by atoms with E-state index >= 15 is 0 Å². The fourth-order valence-electron chi connectivity index (χ4n) is 6.49. The van der Waals surface area contributed by atoms with Gasteiger partial charge in [-0.25, -0.2) is 0 Å². The molecule has 1 aromatic carbocycles. The van der Waals surface area contributed by atoms with Gasteiger partial charge < -0.3 is 4.74 Å². The summed E-state index contributed by atoms with van der Waals surface area (Å²) in [6, 6.07) is 8.32. The summed E-state index contributed by atoms with van der Waals surface area (Å²) in [6.07, 6.45) is 17.2. The average Bonchev–Trinajstić information content (AvgIpc) is 2.76. The van der Waals surface area contributed by atoms with Gasteiger partial charge >= 0.3 is 0 Å². The topological polar surface area (TPSA) is 9.23 Å². The third-order valence-electron chi connectivity index (χ3n) is 8.35. The molecule has 4 saturated carbocycles. The molecule has 0 radical (unpaired) electrons. The van der Waals surface area contributed by atoms with Crippen molar-refractivity contribution in [2.24, 2.45) is 22.7 Å². The van der Waals surface area contributed by atoms with Crippen molar-refractivity contribution >= 4 is 0 Å². The normalized spacial score (nSPS) is 34.5. The first-order valence-corrected chi connectivity index (χ1v) is 11.9. The van der Waals surface area contributed by atoms with E-state index in [4.69, 9.17) is 4.74 Å². The van der Waals surface area contributed by atoms with Crippen LogP contribution in [0, 0.1) is 34.5 Å². The Morgan fingerprint density at radius 3 is 2.11 bits per heavy atom. The molecule has 1 heteroatoms. The Balaban J connectivity index is 1.36. The van der Waals surface area contributed by atoms with Crippen molar-refractivity contribution in [3.05, 3.63) is 29.8 Å². The maximum Gasteiger partial charge on any atom is 0.119 e. The van der Waals surface area contributed by atoms with E-state index in [1.54, 1.807) is 0 Å². The van der Waals surface area contributed by atoms with Gasteiger partial charge in [0.2, 0.25) is 0 Å². The molecule has 4 aliphatic rings. The highest BCUT2D eigenvalue weighted by Gasteiger charge is 2.51. The number of hydrogen-bond donors (Lipinski definition) is 0. The maximum atomic E-state index is 5.54. The summed E-state index contributed by atoms with van der Waals surface area (Å²) in [5, 5.41) is 0. The molecule has 0 aromatic heterocycles. The van der Waals surface area contributed by atoms with Gasteiger partial charge in [0.1, 0.15) is 5.75 Å². The third kappa shape index (κ3) is 4.12. The van der Waals surface area contributed by atoms with E-state index in [9.17, 15) is 0 Å². The lowest BCUT2D eigenvalue weighted by molar-refractivity contribution is -0.0378. The molecule has 4 fully saturated rings. The molecule has 0 unspecified atom stereocenters. The summed E-state index contributed by atoms with van der Waals surface area (Å²) >= 11 is 0. The van der Waals surface area contributed by atoms with Crippen molar-refractivity contribution in [2.45, 2.75) is 90.9 Å². The van der Waals surface area contributed by atoms with Crippen LogP contribution >= 0.6 is 0 Å². The lowest BCUT2D eigenvalue weighted by Crippen LogP contribution is -2.45. The van der Waals surface area contributed by atoms with Gasteiger partial charge in [-0.3, -0.25) is 0 Å². The second-order valence-electron chi connectivity index (χ2n) is 9.86. The molecule has 4 aliphatic carbocycles. The minimum atomic E-state index is 0.305. The molecule has 0 aliphatic heterocycles. The number of rotatable bonds is 5. The minimum absolute atomic E-state index is 0.305. The molecule has 152 valence electrons. The highest BCUT2D eigenvalue weighted by atomic mass is 16.5. The lowest BCUT2D eigenvalue weighted by atomic mass is 9.48. The van der Waals surface area contributed by atoms with Crippen molar-refractivity contribution in [3.63, 3.8) is 0 Å². The van der Waals surface area contributed by atoms with E-state index in [1.165, 1.54) is 77.0 Å². The van der Waals surface area contributed by atoms with Crippen LogP contribution in [0.2, 0.25) is 0 Å². The molecule has 0 atom stereocenters. The number of ether oxygens (including phenoxy) is 1. The SMILES string of the molecule is CCC[C@H]1CC[C@H](C23CCC(C#Cc4ccc(OCC)cc4)(CC2)CC3)CC1. The van der Waals surface area contributed by atoms with Crippen LogP contribution in [-0.4, -0.2) is 6.61 Å². The maximum absolute atomic E-state index is 5.54. The van der Waals surface area contributed by atoms with Gasteiger partial charge in [0.05, 0.1) is 6.61 Å². The van der Waals surface area contributed by atoms with Crippen molar-refractivity contribution in [1.82, 2.24) is 0 Å². The fourth-order valence-corrected chi connectivity index (χ4v) is 6.49. The fraction of sp³-hybridized carbons (Fsp3) is 0.704. The number of benzene rings is 1. The smallest absolute Gasteiger partial charge is 0.119 e. The van der Waals surface area contributed by atoms with Crippen LogP contribution in [0.5, 0.6) is 5.75 Å². The molecule has 5 rings (SSSR count). The number of hydrogen-bond acceptors (Lipinski definition) is 1. The van der Waals surface area contributed by atoms with Crippen LogP contribution in [0.3, 0.4) is 0 Å². The van der Waals surface area contributed by atoms with Gasteiger partial charge in [-0.2, -0.15) is 0 Å². The zero-order chi connectivity index (χ0) is 19.5. The molecule has 0 heterocycles. The van der Waals surface area contributed by atoms with Crippen molar-refractivity contribution < 1.29 is 4.74 Å². The molecule has 0 saturated heterocycles. The summed E-state index contributed by atoms with van der Waals surface area (Å²) in [7, 11) is 0. The van der Waals surface area contributed by atoms with Gasteiger partial charge in [0.15, 0.2) is 0 Å².